The molecule has 0 amide bonds. The third-order valence-corrected chi connectivity index (χ3v) is 1.92. The summed E-state index contributed by atoms with van der Waals surface area (Å²) in [6, 6.07) is 0. The van der Waals surface area contributed by atoms with Gasteiger partial charge in [0.25, 0.3) is 0 Å². The summed E-state index contributed by atoms with van der Waals surface area (Å²) >= 11 is 0. The van der Waals surface area contributed by atoms with E-state index in [1.807, 2.05) is 6.92 Å². The molecule has 102 valence electrons. The molecule has 0 aliphatic heterocycles. The van der Waals surface area contributed by atoms with Crippen molar-refractivity contribution in [2.45, 2.75) is 83.6 Å². The van der Waals surface area contributed by atoms with E-state index in [2.05, 4.69) is 0 Å². The van der Waals surface area contributed by atoms with Crippen molar-refractivity contribution in [1.82, 2.24) is 0 Å². The summed E-state index contributed by atoms with van der Waals surface area (Å²) in [6.45, 7) is 0.471. The van der Waals surface area contributed by atoms with Crippen LogP contribution in [0, 0.1) is 0 Å². The molecule has 0 saturated heterocycles. The zero-order valence-electron chi connectivity index (χ0n) is 24.3. The first-order valence-electron chi connectivity index (χ1n) is 12.9. The summed E-state index contributed by atoms with van der Waals surface area (Å²) in [5.41, 5.74) is 0. The minimum atomic E-state index is -4.04. The van der Waals surface area contributed by atoms with Gasteiger partial charge in [-0.15, -0.1) is 0 Å². The second kappa shape index (κ2) is 15.7. The third-order valence-electron chi connectivity index (χ3n) is 1.92. The maximum atomic E-state index is 9.08. The van der Waals surface area contributed by atoms with Crippen LogP contribution in [0.1, 0.15) is 103 Å². The molecule has 1 heteroatoms. The van der Waals surface area contributed by atoms with Gasteiger partial charge in [0.2, 0.25) is 0 Å². The van der Waals surface area contributed by atoms with E-state index in [0.717, 1.165) is 25.3 Å². The topological polar surface area (TPSA) is 20.2 Å². The van der Waals surface area contributed by atoms with E-state index in [4.69, 9.17) is 24.3 Å². The summed E-state index contributed by atoms with van der Waals surface area (Å²) in [5.74, 6) is 0. The van der Waals surface area contributed by atoms with Gasteiger partial charge in [-0.3, -0.25) is 0 Å². The van der Waals surface area contributed by atoms with Gasteiger partial charge in [0, 0.05) is 25.8 Å². The van der Waals surface area contributed by atoms with E-state index < -0.39 is 51.2 Å². The van der Waals surface area contributed by atoms with Crippen LogP contribution < -0.4 is 0 Å². The van der Waals surface area contributed by atoms with Crippen LogP contribution in [0.15, 0.2) is 12.2 Å². The quantitative estimate of drug-likeness (QED) is 0.352. The Kier molecular flexibility index (Phi) is 4.31. The lowest BCUT2D eigenvalue weighted by Crippen LogP contribution is -1.83. The Bertz CT molecular complexity index is 611. The van der Waals surface area contributed by atoms with Gasteiger partial charge in [0.05, 0.1) is 0 Å². The van der Waals surface area contributed by atoms with Gasteiger partial charge in [-0.1, -0.05) is 63.8 Å². The fourth-order valence-electron chi connectivity index (χ4n) is 1.09. The zero-order valence-corrected chi connectivity index (χ0v) is 10.3. The van der Waals surface area contributed by atoms with Gasteiger partial charge >= 0.3 is 0 Å². The normalized spacial score (nSPS) is 29.5. The Labute approximate surface area is 128 Å². The van der Waals surface area contributed by atoms with E-state index in [1.54, 1.807) is 0 Å². The van der Waals surface area contributed by atoms with Crippen molar-refractivity contribution in [2.75, 3.05) is 6.61 Å². The molecular formula is C16H32O. The van der Waals surface area contributed by atoms with Crippen molar-refractivity contribution in [1.29, 1.82) is 0 Å². The number of rotatable bonds is 13. The maximum absolute atomic E-state index is 9.08. The summed E-state index contributed by atoms with van der Waals surface area (Å²) in [4.78, 5) is 0. The molecule has 17 heavy (non-hydrogen) atoms. The first-order chi connectivity index (χ1) is 13.6. The van der Waals surface area contributed by atoms with Gasteiger partial charge in [0.1, 0.15) is 0 Å². The molecule has 0 aliphatic carbocycles. The second-order valence-electron chi connectivity index (χ2n) is 3.36. The Morgan fingerprint density at radius 1 is 0.882 bits per heavy atom. The highest BCUT2D eigenvalue weighted by molar-refractivity contribution is 4.81. The highest BCUT2D eigenvalue weighted by atomic mass is 16.2. The maximum Gasteiger partial charge on any atom is 0.0431 e. The van der Waals surface area contributed by atoms with Crippen LogP contribution in [0.3, 0.4) is 0 Å². The summed E-state index contributed by atoms with van der Waals surface area (Å²) in [7, 11) is 0. The molecule has 0 heterocycles. The smallest absolute Gasteiger partial charge is 0.0431 e. The molecule has 0 rings (SSSR count). The lowest BCUT2D eigenvalue weighted by Gasteiger charge is -1.98. The van der Waals surface area contributed by atoms with Crippen molar-refractivity contribution >= 4 is 0 Å². The average Bonchev–Trinajstić information content (AvgIpc) is 2.63. The van der Waals surface area contributed by atoms with Gasteiger partial charge in [0.15, 0.2) is 0 Å². The lowest BCUT2D eigenvalue weighted by atomic mass is 10.1. The molecule has 0 aromatic carbocycles. The van der Waals surface area contributed by atoms with E-state index in [1.165, 1.54) is 6.08 Å². The average molecular weight is 255 g/mol. The molecule has 0 spiro atoms. The van der Waals surface area contributed by atoms with E-state index in [-0.39, 0.29) is 0 Å². The molecule has 0 atom stereocenters. The van der Waals surface area contributed by atoms with Crippen LogP contribution in [0.5, 0.6) is 0 Å². The van der Waals surface area contributed by atoms with Crippen LogP contribution in [-0.4, -0.2) is 11.7 Å². The molecule has 1 nitrogen and oxygen atoms in total. The third kappa shape index (κ3) is 15.7. The van der Waals surface area contributed by atoms with Crippen molar-refractivity contribution in [3.8, 4) is 0 Å². The molecule has 0 unspecified atom stereocenters. The molecule has 0 saturated carbocycles. The predicted molar refractivity (Wildman–Crippen MR) is 77.3 cm³/mol. The first-order valence-corrected chi connectivity index (χ1v) is 5.91. The number of aliphatic hydroxyl groups excluding tert-OH is 1. The number of hydrogen-bond donors (Lipinski definition) is 1. The zero-order chi connectivity index (χ0) is 25.2. The van der Waals surface area contributed by atoms with Gasteiger partial charge in [-0.05, 0) is 32.0 Å². The highest BCUT2D eigenvalue weighted by Gasteiger charge is 1.89. The molecule has 1 N–H and O–H groups in total. The summed E-state index contributed by atoms with van der Waals surface area (Å²) < 4.78 is 110. The first kappa shape index (κ1) is 4.67. The van der Waals surface area contributed by atoms with E-state index >= 15 is 0 Å². The molecule has 0 bridgehead atoms. The minimum Gasteiger partial charge on any atom is -0.396 e. The van der Waals surface area contributed by atoms with Crippen LogP contribution in [0.2, 0.25) is 0 Å². The van der Waals surface area contributed by atoms with Crippen LogP contribution in [0.4, 0.5) is 0 Å². The van der Waals surface area contributed by atoms with Crippen molar-refractivity contribution in [2.24, 2.45) is 0 Å². The number of unbranched alkanes of at least 4 members (excludes halogenated alkanes) is 4. The van der Waals surface area contributed by atoms with Crippen molar-refractivity contribution < 1.29 is 24.3 Å². The van der Waals surface area contributed by atoms with Crippen molar-refractivity contribution in [3.63, 3.8) is 0 Å². The highest BCUT2D eigenvalue weighted by Crippen LogP contribution is 2.08. The van der Waals surface area contributed by atoms with Crippen LogP contribution in [0.25, 0.3) is 0 Å². The van der Waals surface area contributed by atoms with E-state index in [9.17, 15) is 0 Å². The van der Waals surface area contributed by atoms with Gasteiger partial charge in [-0.25, -0.2) is 0 Å². The largest absolute Gasteiger partial charge is 0.396 e. The predicted octanol–water partition coefficient (Wildman–Crippen LogP) is 5.24. The summed E-state index contributed by atoms with van der Waals surface area (Å²) in [6.07, 6.45) is -19.9. The van der Waals surface area contributed by atoms with Crippen molar-refractivity contribution in [3.05, 3.63) is 12.2 Å². The SMILES string of the molecule is [2H]C([2H])(/C=C\CCCCCC)C([2H])([2H])C([2H])([2H])C([2H])([2H])C([2H])([2H])C([2H])([2H])C([2H])([2H])CO. The number of allylic oxidation sites excluding steroid dienone is 2. The Balaban J connectivity index is 6.09. The Morgan fingerprint density at radius 3 is 2.29 bits per heavy atom. The van der Waals surface area contributed by atoms with Gasteiger partial charge < -0.3 is 5.11 Å². The molecule has 0 aromatic rings. The lowest BCUT2D eigenvalue weighted by molar-refractivity contribution is 0.282. The molecule has 0 radical (unpaired) electrons. The second-order valence-corrected chi connectivity index (χ2v) is 3.36. The fraction of sp³-hybridized carbons (Fsp3) is 0.875. The van der Waals surface area contributed by atoms with Crippen LogP contribution in [-0.2, 0) is 0 Å². The van der Waals surface area contributed by atoms with Gasteiger partial charge in [-0.2, -0.15) is 0 Å². The molecule has 0 aliphatic rings. The number of aliphatic hydroxyl groups is 1. The molecule has 0 aromatic heterocycles. The Morgan fingerprint density at radius 2 is 1.59 bits per heavy atom. The molecule has 0 fully saturated rings. The fourth-order valence-corrected chi connectivity index (χ4v) is 1.09. The van der Waals surface area contributed by atoms with Crippen LogP contribution >= 0.6 is 0 Å². The monoisotopic (exact) mass is 254 g/mol. The Hall–Kier alpha value is -0.300. The minimum absolute atomic E-state index is 0.381. The summed E-state index contributed by atoms with van der Waals surface area (Å²) in [5, 5.41) is 9.08. The van der Waals surface area contributed by atoms with E-state index in [0.29, 0.717) is 12.8 Å². The number of hydrogen-bond acceptors (Lipinski definition) is 1. The molecular weight excluding hydrogens is 208 g/mol. The standard InChI is InChI=1S/C16H32O/c1-2-3-4-5-6-7-8-9-10-11-12-13-14-15-16-17/h7-8,17H,2-6,9-16H2,1H3/b8-7-/i9D2,10D2,11D2,12D2,13D2,14D2,15D2.